The second-order valence-corrected chi connectivity index (χ2v) is 28.4. The minimum atomic E-state index is -2.22. The zero-order valence-electron chi connectivity index (χ0n) is 53.1. The van der Waals surface area contributed by atoms with Crippen LogP contribution in [0, 0.1) is 62.9 Å². The molecule has 472 valence electrons. The SMILES string of the molecule is [C-]#[N+]/C(C(=O)OCC(COC(=O)/C(C#N)=C1\CC(C)(C)CC(N2CCCC2)=C1C=O)(COC(=O)/C(C#N)=C1\CC(C)(C)CC(N2CCCC2)=C1C=O)COC(=O)/C([N+]#[C-])=C1/CC(C)(C)CC(N2CCCC2)=C1C=O)=C1/CC(C)(C)CC(N2CCCC2)=C1C=O. The van der Waals surface area contributed by atoms with E-state index in [2.05, 4.69) is 29.3 Å². The summed E-state index contributed by atoms with van der Waals surface area (Å²) in [5.74, 6) is -4.94. The van der Waals surface area contributed by atoms with Crippen molar-refractivity contribution in [1.29, 1.82) is 10.5 Å². The van der Waals surface area contributed by atoms with Crippen LogP contribution in [0.2, 0.25) is 0 Å². The Balaban J connectivity index is 1.27. The highest BCUT2D eigenvalue weighted by Gasteiger charge is 2.45. The fourth-order valence-corrected chi connectivity index (χ4v) is 14.3. The van der Waals surface area contributed by atoms with Crippen LogP contribution in [0.1, 0.15) is 158 Å². The molecule has 4 fully saturated rings. The number of carbonyl (C=O) groups is 8. The van der Waals surface area contributed by atoms with E-state index in [0.717, 1.165) is 51.4 Å². The first kappa shape index (κ1) is 66.6. The van der Waals surface area contributed by atoms with Crippen LogP contribution in [0.25, 0.3) is 9.69 Å². The second-order valence-electron chi connectivity index (χ2n) is 28.4. The molecule has 20 heteroatoms. The number of ether oxygens (including phenoxy) is 4. The van der Waals surface area contributed by atoms with Crippen molar-refractivity contribution in [3.8, 4) is 12.1 Å². The maximum absolute atomic E-state index is 14.9. The number of hydrogen-bond acceptors (Lipinski definition) is 18. The lowest BCUT2D eigenvalue weighted by Crippen LogP contribution is -2.44. The normalized spacial score (nSPS) is 23.8. The Morgan fingerprint density at radius 3 is 0.865 bits per heavy atom. The molecule has 0 aromatic carbocycles. The van der Waals surface area contributed by atoms with Gasteiger partial charge in [-0.05, 0) is 147 Å². The number of esters is 4. The van der Waals surface area contributed by atoms with Crippen molar-refractivity contribution in [2.45, 2.75) is 158 Å². The van der Waals surface area contributed by atoms with Gasteiger partial charge < -0.3 is 38.5 Å². The molecule has 89 heavy (non-hydrogen) atoms. The van der Waals surface area contributed by atoms with Crippen LogP contribution in [0.3, 0.4) is 0 Å². The number of nitriles is 2. The summed E-state index contributed by atoms with van der Waals surface area (Å²) < 4.78 is 24.4. The highest BCUT2D eigenvalue weighted by Crippen LogP contribution is 2.49. The monoisotopic (exact) mass is 1220 g/mol. The molecule has 0 saturated carbocycles. The van der Waals surface area contributed by atoms with E-state index < -0.39 is 99.9 Å². The molecule has 0 aromatic heterocycles. The fraction of sp³-hybridized carbons (Fsp3) is 0.594. The van der Waals surface area contributed by atoms with Gasteiger partial charge in [0.25, 0.3) is 11.4 Å². The Morgan fingerprint density at radius 1 is 0.416 bits per heavy atom. The van der Waals surface area contributed by atoms with E-state index in [-0.39, 0.29) is 70.3 Å². The molecule has 0 aromatic rings. The van der Waals surface area contributed by atoms with Gasteiger partial charge in [0.15, 0.2) is 25.1 Å². The Kier molecular flexibility index (Phi) is 20.6. The molecule has 4 heterocycles. The predicted molar refractivity (Wildman–Crippen MR) is 326 cm³/mol. The molecule has 0 amide bonds. The predicted octanol–water partition coefficient (Wildman–Crippen LogP) is 9.61. The number of hydrogen-bond donors (Lipinski definition) is 0. The number of nitrogens with zero attached hydrogens (tertiary/aromatic N) is 8. The van der Waals surface area contributed by atoms with Crippen molar-refractivity contribution in [2.24, 2.45) is 27.1 Å². The maximum Gasteiger partial charge on any atom is 0.349 e. The Labute approximate surface area is 523 Å². The average molecular weight is 1220 g/mol. The fourth-order valence-electron chi connectivity index (χ4n) is 14.3. The summed E-state index contributed by atoms with van der Waals surface area (Å²) in [5, 5.41) is 21.8. The molecule has 8 rings (SSSR count). The number of carbonyl (C=O) groups excluding carboxylic acids is 8. The molecule has 0 atom stereocenters. The van der Waals surface area contributed by atoms with Crippen molar-refractivity contribution < 1.29 is 57.3 Å². The number of allylic oxidation sites excluding steroid dienone is 12. The minimum Gasteiger partial charge on any atom is -0.470 e. The molecule has 4 aliphatic carbocycles. The van der Waals surface area contributed by atoms with Crippen LogP contribution in [-0.2, 0) is 57.3 Å². The van der Waals surface area contributed by atoms with Gasteiger partial charge in [0.05, 0.1) is 13.1 Å². The van der Waals surface area contributed by atoms with Crippen LogP contribution in [0.15, 0.2) is 89.9 Å². The highest BCUT2D eigenvalue weighted by molar-refractivity contribution is 6.00. The Bertz CT molecular complexity index is 2940. The van der Waals surface area contributed by atoms with Crippen molar-refractivity contribution in [3.05, 3.63) is 113 Å². The molecule has 0 bridgehead atoms. The summed E-state index contributed by atoms with van der Waals surface area (Å²) >= 11 is 0. The summed E-state index contributed by atoms with van der Waals surface area (Å²) in [5.41, 5.74) is -2.43. The third kappa shape index (κ3) is 14.9. The van der Waals surface area contributed by atoms with Crippen LogP contribution in [-0.4, -0.2) is 147 Å². The summed E-state index contributed by atoms with van der Waals surface area (Å²) in [6.07, 6.45) is 12.0. The molecule has 4 saturated heterocycles. The number of aldehydes is 4. The van der Waals surface area contributed by atoms with Gasteiger partial charge in [-0.25, -0.2) is 19.3 Å². The molecule has 0 spiro atoms. The first-order valence-corrected chi connectivity index (χ1v) is 31.2. The molecular formula is C69H84N8O12. The topological polar surface area (TPSA) is 243 Å². The van der Waals surface area contributed by atoms with Gasteiger partial charge >= 0.3 is 23.9 Å². The Hall–Kier alpha value is -8.36. The van der Waals surface area contributed by atoms with Crippen molar-refractivity contribution in [1.82, 2.24) is 19.6 Å². The smallest absolute Gasteiger partial charge is 0.349 e. The van der Waals surface area contributed by atoms with Crippen molar-refractivity contribution >= 4 is 49.0 Å². The third-order valence-electron chi connectivity index (χ3n) is 18.6. The van der Waals surface area contributed by atoms with E-state index in [1.54, 1.807) is 0 Å². The summed E-state index contributed by atoms with van der Waals surface area (Å²) in [4.78, 5) is 128. The lowest BCUT2D eigenvalue weighted by Gasteiger charge is -2.38. The molecule has 0 unspecified atom stereocenters. The van der Waals surface area contributed by atoms with E-state index in [9.17, 15) is 48.9 Å². The van der Waals surface area contributed by atoms with E-state index in [0.29, 0.717) is 126 Å². The second kappa shape index (κ2) is 27.6. The molecule has 0 radical (unpaired) electrons. The van der Waals surface area contributed by atoms with Gasteiger partial charge in [0.1, 0.15) is 55.1 Å². The number of likely N-dealkylation sites (tertiary alicyclic amines) is 4. The molecule has 8 aliphatic rings. The van der Waals surface area contributed by atoms with E-state index in [4.69, 9.17) is 32.1 Å². The summed E-state index contributed by atoms with van der Waals surface area (Å²) in [6, 6.07) is 3.95. The van der Waals surface area contributed by atoms with Crippen molar-refractivity contribution in [3.63, 3.8) is 0 Å². The Morgan fingerprint density at radius 2 is 0.640 bits per heavy atom. The van der Waals surface area contributed by atoms with E-state index in [1.807, 2.05) is 67.5 Å². The van der Waals surface area contributed by atoms with Gasteiger partial charge in [-0.3, -0.25) is 28.8 Å². The maximum atomic E-state index is 14.9. The molecular weight excluding hydrogens is 1130 g/mol. The van der Waals surface area contributed by atoms with Crippen molar-refractivity contribution in [2.75, 3.05) is 78.8 Å². The van der Waals surface area contributed by atoms with Gasteiger partial charge in [-0.15, -0.1) is 0 Å². The standard InChI is InChI=1S/C69H84N8O12/c1-65(2)27-45(51(37-78)55(31-65)74-19-11-12-20-74)49(35-70)61(82)86-41-69(42-87-62(83)50(36-71)46-28-66(3,4)32-56(52(46)38-79)75-21-13-14-22-75,43-88-63(84)59(72-9)47-29-67(5,6)33-57(53(47)39-80)76-23-15-16-24-76)44-89-64(85)60(73-10)48-30-68(7,8)34-58(54(48)40-81)77-25-17-18-26-77/h37-40H,11-34,41-44H2,1-8H3/b49-45+,50-46+,59-47-,60-48+. The first-order chi connectivity index (χ1) is 42.3. The van der Waals surface area contributed by atoms with Crippen LogP contribution < -0.4 is 0 Å². The average Bonchev–Trinajstić information content (AvgIpc) is 1.91. The van der Waals surface area contributed by atoms with Crippen LogP contribution in [0.5, 0.6) is 0 Å². The third-order valence-corrected chi connectivity index (χ3v) is 18.6. The van der Waals surface area contributed by atoms with Gasteiger partial charge in [0.2, 0.25) is 0 Å². The van der Waals surface area contributed by atoms with E-state index in [1.165, 1.54) is 0 Å². The minimum absolute atomic E-state index is 0.122. The highest BCUT2D eigenvalue weighted by atomic mass is 16.6. The lowest BCUT2D eigenvalue weighted by atomic mass is 9.72. The lowest BCUT2D eigenvalue weighted by molar-refractivity contribution is -0.165. The largest absolute Gasteiger partial charge is 0.470 e. The zero-order chi connectivity index (χ0) is 64.6. The van der Waals surface area contributed by atoms with Gasteiger partial charge in [-0.1, -0.05) is 55.4 Å². The van der Waals surface area contributed by atoms with Crippen LogP contribution >= 0.6 is 0 Å². The molecule has 0 N–H and O–H groups in total. The summed E-state index contributed by atoms with van der Waals surface area (Å²) in [6.45, 7) is 34.0. The first-order valence-electron chi connectivity index (χ1n) is 31.2. The number of rotatable bonds is 20. The van der Waals surface area contributed by atoms with Gasteiger partial charge in [-0.2, -0.15) is 10.5 Å². The quantitative estimate of drug-likeness (QED) is 0.0275. The summed E-state index contributed by atoms with van der Waals surface area (Å²) in [7, 11) is 0. The molecule has 4 aliphatic heterocycles. The zero-order valence-corrected chi connectivity index (χ0v) is 53.1. The van der Waals surface area contributed by atoms with Crippen LogP contribution in [0.4, 0.5) is 0 Å². The van der Waals surface area contributed by atoms with Gasteiger partial charge in [0, 0.05) is 97.4 Å². The molecule has 20 nitrogen and oxygen atoms in total. The van der Waals surface area contributed by atoms with E-state index >= 15 is 0 Å².